The summed E-state index contributed by atoms with van der Waals surface area (Å²) in [5, 5.41) is 8.95. The highest BCUT2D eigenvalue weighted by Crippen LogP contribution is 2.13. The molecule has 2 heterocycles. The fourth-order valence-corrected chi connectivity index (χ4v) is 2.17. The van der Waals surface area contributed by atoms with Crippen LogP contribution in [0.3, 0.4) is 0 Å². The number of rotatable bonds is 4. The van der Waals surface area contributed by atoms with Gasteiger partial charge in [0.15, 0.2) is 0 Å². The van der Waals surface area contributed by atoms with Gasteiger partial charge < -0.3 is 10.2 Å². The molecule has 2 N–H and O–H groups in total. The highest BCUT2D eigenvalue weighted by atomic mass is 32.2. The van der Waals surface area contributed by atoms with E-state index in [2.05, 4.69) is 20.5 Å². The largest absolute Gasteiger partial charge is 0.347 e. The molecule has 2 rings (SSSR count). The van der Waals surface area contributed by atoms with Gasteiger partial charge >= 0.3 is 0 Å². The summed E-state index contributed by atoms with van der Waals surface area (Å²) in [6, 6.07) is 0. The van der Waals surface area contributed by atoms with Crippen molar-refractivity contribution in [3.63, 3.8) is 0 Å². The van der Waals surface area contributed by atoms with Crippen molar-refractivity contribution in [1.29, 1.82) is 0 Å². The zero-order valence-corrected chi connectivity index (χ0v) is 9.29. The number of aromatic amines is 1. The van der Waals surface area contributed by atoms with Crippen LogP contribution in [-0.2, 0) is 16.1 Å². The Balaban J connectivity index is 1.74. The number of hydrogen-bond donors (Lipinski definition) is 2. The fraction of sp³-hybridized carbons (Fsp3) is 0.500. The summed E-state index contributed by atoms with van der Waals surface area (Å²) in [6.45, 7) is 0.411. The highest BCUT2D eigenvalue weighted by molar-refractivity contribution is 8.00. The van der Waals surface area contributed by atoms with Crippen LogP contribution in [0.2, 0.25) is 0 Å². The van der Waals surface area contributed by atoms with Crippen LogP contribution in [0.15, 0.2) is 6.33 Å². The summed E-state index contributed by atoms with van der Waals surface area (Å²) in [7, 11) is 0. The minimum Gasteiger partial charge on any atom is -0.347 e. The number of H-pyrrole nitrogens is 1. The second-order valence-corrected chi connectivity index (χ2v) is 4.23. The van der Waals surface area contributed by atoms with Gasteiger partial charge in [-0.1, -0.05) is 0 Å². The third-order valence-electron chi connectivity index (χ3n) is 2.08. The first kappa shape index (κ1) is 10.9. The van der Waals surface area contributed by atoms with Crippen LogP contribution in [0.25, 0.3) is 0 Å². The summed E-state index contributed by atoms with van der Waals surface area (Å²) in [4.78, 5) is 28.1. The molecule has 86 valence electrons. The monoisotopic (exact) mass is 241 g/mol. The summed E-state index contributed by atoms with van der Waals surface area (Å²) >= 11 is 1.52. The van der Waals surface area contributed by atoms with Gasteiger partial charge in [-0.2, -0.15) is 5.10 Å². The first-order valence-electron chi connectivity index (χ1n) is 4.72. The van der Waals surface area contributed by atoms with E-state index in [0.29, 0.717) is 24.0 Å². The SMILES string of the molecule is O=C(CN1CSCC1=O)NCc1ncn[nH]1. The van der Waals surface area contributed by atoms with Crippen molar-refractivity contribution < 1.29 is 9.59 Å². The van der Waals surface area contributed by atoms with Crippen molar-refractivity contribution in [3.05, 3.63) is 12.2 Å². The topological polar surface area (TPSA) is 91.0 Å². The van der Waals surface area contributed by atoms with E-state index < -0.39 is 0 Å². The molecule has 1 aromatic heterocycles. The van der Waals surface area contributed by atoms with Gasteiger partial charge in [-0.15, -0.1) is 11.8 Å². The Bertz CT molecular complexity index is 380. The van der Waals surface area contributed by atoms with Crippen LogP contribution in [0.4, 0.5) is 0 Å². The number of nitrogens with zero attached hydrogens (tertiary/aromatic N) is 3. The normalized spacial score (nSPS) is 15.5. The van der Waals surface area contributed by atoms with Gasteiger partial charge in [0, 0.05) is 0 Å². The fourth-order valence-electron chi connectivity index (χ4n) is 1.27. The number of thioether (sulfide) groups is 1. The number of amides is 2. The molecule has 0 spiro atoms. The predicted octanol–water partition coefficient (Wildman–Crippen LogP) is -1.05. The van der Waals surface area contributed by atoms with Gasteiger partial charge in [0.2, 0.25) is 11.8 Å². The maximum atomic E-state index is 11.5. The molecule has 1 fully saturated rings. The molecule has 0 atom stereocenters. The van der Waals surface area contributed by atoms with Gasteiger partial charge in [0.25, 0.3) is 0 Å². The smallest absolute Gasteiger partial charge is 0.240 e. The van der Waals surface area contributed by atoms with Crippen LogP contribution in [0.1, 0.15) is 5.82 Å². The van der Waals surface area contributed by atoms with Crippen molar-refractivity contribution in [2.24, 2.45) is 0 Å². The van der Waals surface area contributed by atoms with Gasteiger partial charge in [-0.05, 0) is 0 Å². The molecule has 0 bridgehead atoms. The van der Waals surface area contributed by atoms with Gasteiger partial charge in [-0.3, -0.25) is 14.7 Å². The standard InChI is InChI=1S/C8H11N5O2S/c14-7(2-13-5-16-3-8(13)15)9-1-6-10-4-11-12-6/h4H,1-3,5H2,(H,9,14)(H,10,11,12). The Morgan fingerprint density at radius 3 is 3.19 bits per heavy atom. The molecule has 2 amide bonds. The van der Waals surface area contributed by atoms with E-state index >= 15 is 0 Å². The van der Waals surface area contributed by atoms with E-state index in [0.717, 1.165) is 0 Å². The van der Waals surface area contributed by atoms with Crippen molar-refractivity contribution in [2.45, 2.75) is 6.54 Å². The van der Waals surface area contributed by atoms with E-state index in [1.165, 1.54) is 23.0 Å². The van der Waals surface area contributed by atoms with E-state index in [9.17, 15) is 9.59 Å². The first-order chi connectivity index (χ1) is 7.75. The Kier molecular flexibility index (Phi) is 3.40. The van der Waals surface area contributed by atoms with Crippen molar-refractivity contribution in [3.8, 4) is 0 Å². The number of aromatic nitrogens is 3. The molecule has 16 heavy (non-hydrogen) atoms. The molecule has 0 aromatic carbocycles. The average Bonchev–Trinajstić information content (AvgIpc) is 2.88. The molecule has 7 nitrogen and oxygen atoms in total. The second-order valence-electron chi connectivity index (χ2n) is 3.28. The molecule has 1 aromatic rings. The quantitative estimate of drug-likeness (QED) is 0.702. The third kappa shape index (κ3) is 2.72. The van der Waals surface area contributed by atoms with E-state index in [1.807, 2.05) is 0 Å². The van der Waals surface area contributed by atoms with Crippen LogP contribution >= 0.6 is 11.8 Å². The van der Waals surface area contributed by atoms with Crippen molar-refractivity contribution >= 4 is 23.6 Å². The first-order valence-corrected chi connectivity index (χ1v) is 5.87. The predicted molar refractivity (Wildman–Crippen MR) is 57.3 cm³/mol. The Labute approximate surface area is 96.0 Å². The van der Waals surface area contributed by atoms with Gasteiger partial charge in [0.1, 0.15) is 18.7 Å². The van der Waals surface area contributed by atoms with Crippen LogP contribution in [-0.4, -0.2) is 50.1 Å². The summed E-state index contributed by atoms with van der Waals surface area (Å²) < 4.78 is 0. The van der Waals surface area contributed by atoms with Gasteiger partial charge in [-0.25, -0.2) is 4.98 Å². The summed E-state index contributed by atoms with van der Waals surface area (Å²) in [5.41, 5.74) is 0. The Morgan fingerprint density at radius 1 is 1.69 bits per heavy atom. The lowest BCUT2D eigenvalue weighted by atomic mass is 10.4. The summed E-state index contributed by atoms with van der Waals surface area (Å²) in [5.74, 6) is 1.48. The maximum absolute atomic E-state index is 11.5. The van der Waals surface area contributed by atoms with Crippen LogP contribution in [0.5, 0.6) is 0 Å². The number of hydrogen-bond acceptors (Lipinski definition) is 5. The molecule has 0 radical (unpaired) electrons. The Hall–Kier alpha value is -1.57. The number of nitrogens with one attached hydrogen (secondary N) is 2. The van der Waals surface area contributed by atoms with E-state index in [-0.39, 0.29) is 18.4 Å². The highest BCUT2D eigenvalue weighted by Gasteiger charge is 2.22. The van der Waals surface area contributed by atoms with Crippen LogP contribution < -0.4 is 5.32 Å². The third-order valence-corrected chi connectivity index (χ3v) is 3.02. The minimum atomic E-state index is -0.188. The Morgan fingerprint density at radius 2 is 2.56 bits per heavy atom. The molecule has 1 aliphatic rings. The lowest BCUT2D eigenvalue weighted by Gasteiger charge is -2.13. The molecule has 0 aliphatic carbocycles. The molecule has 0 saturated carbocycles. The average molecular weight is 241 g/mol. The molecule has 1 aliphatic heterocycles. The number of carbonyl (C=O) groups is 2. The van der Waals surface area contributed by atoms with Crippen molar-refractivity contribution in [1.82, 2.24) is 25.4 Å². The van der Waals surface area contributed by atoms with Gasteiger partial charge in [0.05, 0.1) is 18.2 Å². The molecular formula is C8H11N5O2S. The molecule has 0 unspecified atom stereocenters. The van der Waals surface area contributed by atoms with Crippen LogP contribution in [0, 0.1) is 0 Å². The molecule has 8 heteroatoms. The van der Waals surface area contributed by atoms with E-state index in [4.69, 9.17) is 0 Å². The zero-order chi connectivity index (χ0) is 11.4. The molecule has 1 saturated heterocycles. The lowest BCUT2D eigenvalue weighted by Crippen LogP contribution is -2.38. The second kappa shape index (κ2) is 4.97. The minimum absolute atomic E-state index is 0.0137. The summed E-state index contributed by atoms with van der Waals surface area (Å²) in [6.07, 6.45) is 1.38. The maximum Gasteiger partial charge on any atom is 0.240 e. The molecular weight excluding hydrogens is 230 g/mol. The zero-order valence-electron chi connectivity index (χ0n) is 8.47. The van der Waals surface area contributed by atoms with E-state index in [1.54, 1.807) is 0 Å². The number of carbonyl (C=O) groups excluding carboxylic acids is 2. The van der Waals surface area contributed by atoms with Crippen molar-refractivity contribution in [2.75, 3.05) is 18.2 Å². The lowest BCUT2D eigenvalue weighted by molar-refractivity contribution is -0.132.